The first-order valence-electron chi connectivity index (χ1n) is 6.82. The van der Waals surface area contributed by atoms with Crippen molar-refractivity contribution in [2.24, 2.45) is 0 Å². The smallest absolute Gasteiger partial charge is 0.0949 e. The minimum atomic E-state index is 0.195. The lowest BCUT2D eigenvalue weighted by Crippen LogP contribution is -2.33. The molecule has 1 saturated heterocycles. The molecule has 19 heavy (non-hydrogen) atoms. The fourth-order valence-electron chi connectivity index (χ4n) is 2.49. The highest BCUT2D eigenvalue weighted by Gasteiger charge is 2.15. The summed E-state index contributed by atoms with van der Waals surface area (Å²) in [6.45, 7) is 4.78. The van der Waals surface area contributed by atoms with E-state index in [1.807, 2.05) is 0 Å². The average Bonchev–Trinajstić information content (AvgIpc) is 2.48. The molecule has 1 fully saturated rings. The van der Waals surface area contributed by atoms with Crippen molar-refractivity contribution >= 4 is 0 Å². The van der Waals surface area contributed by atoms with Crippen LogP contribution < -0.4 is 5.32 Å². The van der Waals surface area contributed by atoms with E-state index in [2.05, 4.69) is 60.8 Å². The van der Waals surface area contributed by atoms with Gasteiger partial charge in [-0.2, -0.15) is 0 Å². The van der Waals surface area contributed by atoms with Crippen LogP contribution in [0.1, 0.15) is 17.2 Å². The second kappa shape index (κ2) is 5.55. The number of benzene rings is 2. The number of nitrogens with one attached hydrogen (secondary N) is 1. The van der Waals surface area contributed by atoms with Gasteiger partial charge in [-0.15, -0.1) is 0 Å². The zero-order valence-electron chi connectivity index (χ0n) is 11.2. The predicted molar refractivity (Wildman–Crippen MR) is 78.2 cm³/mol. The molecule has 0 bridgehead atoms. The van der Waals surface area contributed by atoms with Crippen LogP contribution >= 0.6 is 0 Å². The first-order chi connectivity index (χ1) is 9.33. The van der Waals surface area contributed by atoms with Gasteiger partial charge >= 0.3 is 0 Å². The maximum atomic E-state index is 5.77. The van der Waals surface area contributed by atoms with Crippen LogP contribution in [0, 0.1) is 6.92 Å². The van der Waals surface area contributed by atoms with Crippen LogP contribution in [-0.2, 0) is 4.74 Å². The van der Waals surface area contributed by atoms with Gasteiger partial charge in [0, 0.05) is 13.1 Å². The van der Waals surface area contributed by atoms with Crippen LogP contribution in [0.3, 0.4) is 0 Å². The van der Waals surface area contributed by atoms with E-state index in [4.69, 9.17) is 4.74 Å². The molecule has 98 valence electrons. The van der Waals surface area contributed by atoms with Crippen molar-refractivity contribution in [2.75, 3.05) is 19.7 Å². The molecule has 0 aliphatic carbocycles. The van der Waals surface area contributed by atoms with Gasteiger partial charge < -0.3 is 10.1 Å². The number of aryl methyl sites for hydroxylation is 1. The zero-order chi connectivity index (χ0) is 13.1. The number of hydrogen-bond acceptors (Lipinski definition) is 2. The quantitative estimate of drug-likeness (QED) is 0.886. The highest BCUT2D eigenvalue weighted by Crippen LogP contribution is 2.24. The van der Waals surface area contributed by atoms with E-state index in [0.29, 0.717) is 0 Å². The first-order valence-corrected chi connectivity index (χ1v) is 6.82. The van der Waals surface area contributed by atoms with Crippen molar-refractivity contribution in [3.8, 4) is 11.1 Å². The number of rotatable bonds is 2. The van der Waals surface area contributed by atoms with Gasteiger partial charge in [0.05, 0.1) is 12.7 Å². The fraction of sp³-hybridized carbons (Fsp3) is 0.294. The fourth-order valence-corrected chi connectivity index (χ4v) is 2.49. The lowest BCUT2D eigenvalue weighted by Gasteiger charge is -2.24. The van der Waals surface area contributed by atoms with Crippen LogP contribution in [0.5, 0.6) is 0 Å². The van der Waals surface area contributed by atoms with Gasteiger partial charge in [0.15, 0.2) is 0 Å². The maximum absolute atomic E-state index is 5.77. The lowest BCUT2D eigenvalue weighted by molar-refractivity contribution is 0.0277. The van der Waals surface area contributed by atoms with Crippen LogP contribution in [0.15, 0.2) is 48.5 Å². The molecule has 0 amide bonds. The Bertz CT molecular complexity index is 541. The summed E-state index contributed by atoms with van der Waals surface area (Å²) in [6.07, 6.45) is 0.195. The lowest BCUT2D eigenvalue weighted by atomic mass is 10.0. The van der Waals surface area contributed by atoms with Gasteiger partial charge in [0.2, 0.25) is 0 Å². The van der Waals surface area contributed by atoms with Crippen LogP contribution in [-0.4, -0.2) is 19.7 Å². The highest BCUT2D eigenvalue weighted by molar-refractivity contribution is 5.64. The monoisotopic (exact) mass is 253 g/mol. The summed E-state index contributed by atoms with van der Waals surface area (Å²) >= 11 is 0. The van der Waals surface area contributed by atoms with Crippen molar-refractivity contribution < 1.29 is 4.74 Å². The molecule has 1 unspecified atom stereocenters. The van der Waals surface area contributed by atoms with Gasteiger partial charge in [-0.3, -0.25) is 0 Å². The van der Waals surface area contributed by atoms with Crippen LogP contribution in [0.25, 0.3) is 11.1 Å². The molecular weight excluding hydrogens is 234 g/mol. The van der Waals surface area contributed by atoms with Gasteiger partial charge in [0.1, 0.15) is 0 Å². The van der Waals surface area contributed by atoms with E-state index in [1.165, 1.54) is 22.3 Å². The van der Waals surface area contributed by atoms with Gasteiger partial charge in [0.25, 0.3) is 0 Å². The molecule has 1 aliphatic heterocycles. The Balaban J connectivity index is 1.82. The van der Waals surface area contributed by atoms with Crippen LogP contribution in [0.4, 0.5) is 0 Å². The van der Waals surface area contributed by atoms with Crippen molar-refractivity contribution in [1.82, 2.24) is 5.32 Å². The third-order valence-electron chi connectivity index (χ3n) is 3.56. The highest BCUT2D eigenvalue weighted by atomic mass is 16.5. The van der Waals surface area contributed by atoms with Gasteiger partial charge in [-0.05, 0) is 23.6 Å². The standard InChI is InChI=1S/C17H19NO/c1-13-3-2-4-16(11-13)14-5-7-15(8-6-14)17-12-18-9-10-19-17/h2-8,11,17-18H,9-10,12H2,1H3. The first kappa shape index (κ1) is 12.4. The zero-order valence-corrected chi connectivity index (χ0v) is 11.2. The third kappa shape index (κ3) is 2.86. The molecule has 2 aromatic carbocycles. The third-order valence-corrected chi connectivity index (χ3v) is 3.56. The molecule has 1 aliphatic rings. The van der Waals surface area contributed by atoms with E-state index in [0.717, 1.165) is 19.7 Å². The number of morpholine rings is 1. The van der Waals surface area contributed by atoms with E-state index in [-0.39, 0.29) is 6.10 Å². The normalized spacial score (nSPS) is 19.3. The second-order valence-electron chi connectivity index (χ2n) is 5.06. The second-order valence-corrected chi connectivity index (χ2v) is 5.06. The molecule has 3 rings (SSSR count). The summed E-state index contributed by atoms with van der Waals surface area (Å²) in [5.74, 6) is 0. The maximum Gasteiger partial charge on any atom is 0.0949 e. The molecule has 0 saturated carbocycles. The van der Waals surface area contributed by atoms with E-state index in [9.17, 15) is 0 Å². The van der Waals surface area contributed by atoms with E-state index in [1.54, 1.807) is 0 Å². The van der Waals surface area contributed by atoms with Crippen molar-refractivity contribution in [2.45, 2.75) is 13.0 Å². The summed E-state index contributed by atoms with van der Waals surface area (Å²) in [6, 6.07) is 17.3. The molecular formula is C17H19NO. The Morgan fingerprint density at radius 2 is 1.89 bits per heavy atom. The minimum Gasteiger partial charge on any atom is -0.371 e. The summed E-state index contributed by atoms with van der Waals surface area (Å²) in [5, 5.41) is 3.36. The molecule has 0 radical (unpaired) electrons. The molecule has 1 heterocycles. The summed E-state index contributed by atoms with van der Waals surface area (Å²) in [4.78, 5) is 0. The van der Waals surface area contributed by atoms with Gasteiger partial charge in [-0.25, -0.2) is 0 Å². The largest absolute Gasteiger partial charge is 0.371 e. The molecule has 2 nitrogen and oxygen atoms in total. The predicted octanol–water partition coefficient (Wildman–Crippen LogP) is 3.32. The summed E-state index contributed by atoms with van der Waals surface area (Å²) < 4.78 is 5.77. The molecule has 1 N–H and O–H groups in total. The number of hydrogen-bond donors (Lipinski definition) is 1. The molecule has 0 spiro atoms. The van der Waals surface area contributed by atoms with E-state index >= 15 is 0 Å². The topological polar surface area (TPSA) is 21.3 Å². The molecule has 0 aromatic heterocycles. The molecule has 2 aromatic rings. The van der Waals surface area contributed by atoms with E-state index < -0.39 is 0 Å². The SMILES string of the molecule is Cc1cccc(-c2ccc(C3CNCCO3)cc2)c1. The molecule has 1 atom stereocenters. The Kier molecular flexibility index (Phi) is 3.62. The van der Waals surface area contributed by atoms with Gasteiger partial charge in [-0.1, -0.05) is 54.1 Å². The van der Waals surface area contributed by atoms with Crippen LogP contribution in [0.2, 0.25) is 0 Å². The Morgan fingerprint density at radius 3 is 2.58 bits per heavy atom. The summed E-state index contributed by atoms with van der Waals surface area (Å²) in [7, 11) is 0. The Morgan fingerprint density at radius 1 is 1.05 bits per heavy atom. The minimum absolute atomic E-state index is 0.195. The molecule has 2 heteroatoms. The van der Waals surface area contributed by atoms with Crippen molar-refractivity contribution in [3.05, 3.63) is 59.7 Å². The van der Waals surface area contributed by atoms with Crippen molar-refractivity contribution in [1.29, 1.82) is 0 Å². The summed E-state index contributed by atoms with van der Waals surface area (Å²) in [5.41, 5.74) is 5.08. The Hall–Kier alpha value is -1.64. The number of ether oxygens (including phenoxy) is 1. The van der Waals surface area contributed by atoms with Crippen molar-refractivity contribution in [3.63, 3.8) is 0 Å². The Labute approximate surface area is 114 Å². The average molecular weight is 253 g/mol.